The quantitative estimate of drug-likeness (QED) is 0.459. The molecule has 124 valence electrons. The highest BCUT2D eigenvalue weighted by atomic mass is 16.6. The zero-order valence-electron chi connectivity index (χ0n) is 13.7. The molecule has 7 nitrogen and oxygen atoms in total. The Morgan fingerprint density at radius 1 is 1.32 bits per heavy atom. The van der Waals surface area contributed by atoms with Crippen LogP contribution < -0.4 is 5.32 Å². The minimum atomic E-state index is -0.650. The summed E-state index contributed by atoms with van der Waals surface area (Å²) in [5.74, 6) is 0.151. The van der Waals surface area contributed by atoms with E-state index in [0.29, 0.717) is 12.3 Å². The highest BCUT2D eigenvalue weighted by molar-refractivity contribution is 5.89. The van der Waals surface area contributed by atoms with E-state index in [1.165, 1.54) is 6.42 Å². The van der Waals surface area contributed by atoms with Crippen LogP contribution in [0.4, 0.5) is 4.79 Å². The van der Waals surface area contributed by atoms with Gasteiger partial charge in [0.05, 0.1) is 12.6 Å². The Morgan fingerprint density at radius 2 is 1.95 bits per heavy atom. The topological polar surface area (TPSA) is 104 Å². The average molecular weight is 310 g/mol. The molecule has 1 aliphatic carbocycles. The van der Waals surface area contributed by atoms with Gasteiger partial charge in [-0.15, -0.1) is 0 Å². The SMILES string of the molecule is CC(C)(C)OC(=O)N[C@@H](CC1CCCCC1)C(=O)CN=[N+]=[N-]. The van der Waals surface area contributed by atoms with Gasteiger partial charge in [0.1, 0.15) is 5.60 Å². The lowest BCUT2D eigenvalue weighted by Gasteiger charge is -2.27. The highest BCUT2D eigenvalue weighted by Crippen LogP contribution is 2.27. The molecule has 1 fully saturated rings. The van der Waals surface area contributed by atoms with Gasteiger partial charge in [0.25, 0.3) is 0 Å². The van der Waals surface area contributed by atoms with E-state index in [1.807, 2.05) is 0 Å². The van der Waals surface area contributed by atoms with Gasteiger partial charge in [-0.2, -0.15) is 0 Å². The Bertz CT molecular complexity index is 433. The second kappa shape index (κ2) is 8.63. The third kappa shape index (κ3) is 7.31. The van der Waals surface area contributed by atoms with Crippen LogP contribution in [0.1, 0.15) is 59.3 Å². The molecular formula is C15H26N4O3. The van der Waals surface area contributed by atoms with Gasteiger partial charge in [0.2, 0.25) is 0 Å². The fourth-order valence-corrected chi connectivity index (χ4v) is 2.69. The van der Waals surface area contributed by atoms with E-state index in [1.54, 1.807) is 20.8 Å². The van der Waals surface area contributed by atoms with Crippen molar-refractivity contribution in [2.75, 3.05) is 6.54 Å². The first-order valence-corrected chi connectivity index (χ1v) is 7.85. The van der Waals surface area contributed by atoms with Gasteiger partial charge in [-0.1, -0.05) is 37.2 Å². The fraction of sp³-hybridized carbons (Fsp3) is 0.867. The van der Waals surface area contributed by atoms with E-state index in [0.717, 1.165) is 25.7 Å². The number of hydrogen-bond acceptors (Lipinski definition) is 4. The van der Waals surface area contributed by atoms with Gasteiger partial charge in [-0.05, 0) is 38.6 Å². The number of ketones is 1. The molecule has 1 aliphatic rings. The van der Waals surface area contributed by atoms with E-state index >= 15 is 0 Å². The molecule has 22 heavy (non-hydrogen) atoms. The van der Waals surface area contributed by atoms with Crippen LogP contribution in [0.3, 0.4) is 0 Å². The Balaban J connectivity index is 2.65. The molecule has 0 radical (unpaired) electrons. The summed E-state index contributed by atoms with van der Waals surface area (Å²) in [7, 11) is 0. The van der Waals surface area contributed by atoms with Crippen molar-refractivity contribution in [3.05, 3.63) is 10.4 Å². The number of nitrogens with zero attached hydrogens (tertiary/aromatic N) is 3. The van der Waals surface area contributed by atoms with Crippen molar-refractivity contribution in [1.29, 1.82) is 0 Å². The molecule has 1 N–H and O–H groups in total. The van der Waals surface area contributed by atoms with Crippen molar-refractivity contribution >= 4 is 11.9 Å². The first-order chi connectivity index (χ1) is 10.3. The fourth-order valence-electron chi connectivity index (χ4n) is 2.69. The lowest BCUT2D eigenvalue weighted by atomic mass is 9.84. The predicted molar refractivity (Wildman–Crippen MR) is 83.4 cm³/mol. The van der Waals surface area contributed by atoms with Crippen molar-refractivity contribution in [3.63, 3.8) is 0 Å². The number of rotatable bonds is 6. The summed E-state index contributed by atoms with van der Waals surface area (Å²) in [6, 6.07) is -0.650. The molecule has 0 aromatic heterocycles. The smallest absolute Gasteiger partial charge is 0.408 e. The third-order valence-corrected chi connectivity index (χ3v) is 3.66. The van der Waals surface area contributed by atoms with Crippen LogP contribution in [0, 0.1) is 5.92 Å². The molecule has 0 aromatic rings. The van der Waals surface area contributed by atoms with Crippen LogP contribution in [0.15, 0.2) is 5.11 Å². The van der Waals surface area contributed by atoms with Crippen molar-refractivity contribution in [2.24, 2.45) is 11.0 Å². The van der Waals surface area contributed by atoms with Crippen LogP contribution in [-0.2, 0) is 9.53 Å². The highest BCUT2D eigenvalue weighted by Gasteiger charge is 2.27. The maximum Gasteiger partial charge on any atom is 0.408 e. The number of azide groups is 1. The number of ether oxygens (including phenoxy) is 1. The average Bonchev–Trinajstić information content (AvgIpc) is 2.43. The van der Waals surface area contributed by atoms with Gasteiger partial charge in [-0.3, -0.25) is 4.79 Å². The molecule has 0 heterocycles. The van der Waals surface area contributed by atoms with E-state index in [-0.39, 0.29) is 12.3 Å². The van der Waals surface area contributed by atoms with Crippen LogP contribution in [0.2, 0.25) is 0 Å². The van der Waals surface area contributed by atoms with Crippen LogP contribution in [0.25, 0.3) is 10.4 Å². The molecular weight excluding hydrogens is 284 g/mol. The molecule has 1 saturated carbocycles. The molecule has 1 rings (SSSR count). The Hall–Kier alpha value is -1.75. The summed E-state index contributed by atoms with van der Waals surface area (Å²) < 4.78 is 5.21. The number of amides is 1. The largest absolute Gasteiger partial charge is 0.444 e. The van der Waals surface area contributed by atoms with Crippen molar-refractivity contribution in [2.45, 2.75) is 70.9 Å². The second-order valence-corrected chi connectivity index (χ2v) is 6.79. The van der Waals surface area contributed by atoms with Gasteiger partial charge in [-0.25, -0.2) is 4.79 Å². The summed E-state index contributed by atoms with van der Waals surface area (Å²) in [6.07, 6.45) is 5.67. The van der Waals surface area contributed by atoms with Crippen molar-refractivity contribution in [1.82, 2.24) is 5.32 Å². The van der Waals surface area contributed by atoms with Crippen LogP contribution >= 0.6 is 0 Å². The number of carbonyl (C=O) groups is 2. The Labute approximate surface area is 131 Å². The summed E-state index contributed by atoms with van der Waals surface area (Å²) in [4.78, 5) is 26.6. The Morgan fingerprint density at radius 3 is 2.50 bits per heavy atom. The number of alkyl carbamates (subject to hydrolysis) is 1. The normalized spacial score (nSPS) is 17.2. The molecule has 1 amide bonds. The summed E-state index contributed by atoms with van der Waals surface area (Å²) in [5, 5.41) is 5.94. The lowest BCUT2D eigenvalue weighted by molar-refractivity contribution is -0.120. The number of carbonyl (C=O) groups excluding carboxylic acids is 2. The summed E-state index contributed by atoms with van der Waals surface area (Å²) >= 11 is 0. The van der Waals surface area contributed by atoms with Crippen LogP contribution in [-0.4, -0.2) is 30.1 Å². The van der Waals surface area contributed by atoms with E-state index in [9.17, 15) is 9.59 Å². The molecule has 7 heteroatoms. The molecule has 0 aromatic carbocycles. The second-order valence-electron chi connectivity index (χ2n) is 6.79. The molecule has 0 spiro atoms. The lowest BCUT2D eigenvalue weighted by Crippen LogP contribution is -2.45. The zero-order chi connectivity index (χ0) is 16.6. The molecule has 0 bridgehead atoms. The van der Waals surface area contributed by atoms with Gasteiger partial charge >= 0.3 is 6.09 Å². The van der Waals surface area contributed by atoms with Crippen LogP contribution in [0.5, 0.6) is 0 Å². The third-order valence-electron chi connectivity index (χ3n) is 3.66. The standard InChI is InChI=1S/C15H26N4O3/c1-15(2,3)22-14(21)18-12(13(20)10-17-19-16)9-11-7-5-4-6-8-11/h11-12H,4-10H2,1-3H3,(H,18,21)/t12-/m0/s1. The monoisotopic (exact) mass is 310 g/mol. The summed E-state index contributed by atoms with van der Waals surface area (Å²) in [6.45, 7) is 5.06. The maximum absolute atomic E-state index is 12.1. The molecule has 1 atom stereocenters. The summed E-state index contributed by atoms with van der Waals surface area (Å²) in [5.41, 5.74) is 7.73. The Kier molecular flexibility index (Phi) is 7.18. The maximum atomic E-state index is 12.1. The minimum absolute atomic E-state index is 0.246. The predicted octanol–water partition coefficient (Wildman–Crippen LogP) is 3.73. The zero-order valence-corrected chi connectivity index (χ0v) is 13.7. The van der Waals surface area contributed by atoms with Crippen molar-refractivity contribution < 1.29 is 14.3 Å². The van der Waals surface area contributed by atoms with Gasteiger partial charge in [0, 0.05) is 4.91 Å². The van der Waals surface area contributed by atoms with E-state index < -0.39 is 17.7 Å². The number of nitrogens with one attached hydrogen (secondary N) is 1. The van der Waals surface area contributed by atoms with E-state index in [4.69, 9.17) is 10.3 Å². The number of hydrogen-bond donors (Lipinski definition) is 1. The minimum Gasteiger partial charge on any atom is -0.444 e. The molecule has 0 aliphatic heterocycles. The molecule has 0 unspecified atom stereocenters. The first kappa shape index (κ1) is 18.3. The van der Waals surface area contributed by atoms with Gasteiger partial charge in [0.15, 0.2) is 5.78 Å². The number of Topliss-reactive ketones (excluding diaryl/α,β-unsaturated/α-hetero) is 1. The molecule has 0 saturated heterocycles. The van der Waals surface area contributed by atoms with E-state index in [2.05, 4.69) is 15.3 Å². The van der Waals surface area contributed by atoms with Gasteiger partial charge < -0.3 is 10.1 Å². The first-order valence-electron chi connectivity index (χ1n) is 7.85. The van der Waals surface area contributed by atoms with Crippen molar-refractivity contribution in [3.8, 4) is 0 Å².